The van der Waals surface area contributed by atoms with Crippen LogP contribution in [0, 0.1) is 0 Å². The molecule has 172 valence electrons. The number of hydrogen-bond donors (Lipinski definition) is 5. The van der Waals surface area contributed by atoms with E-state index in [1.165, 1.54) is 0 Å². The van der Waals surface area contributed by atoms with E-state index in [9.17, 15) is 29.7 Å². The predicted molar refractivity (Wildman–Crippen MR) is 98.0 cm³/mol. The molecule has 2 aliphatic rings. The van der Waals surface area contributed by atoms with E-state index in [-0.39, 0.29) is 57.8 Å². The summed E-state index contributed by atoms with van der Waals surface area (Å²) in [6.45, 7) is -0.109. The molecule has 0 aliphatic carbocycles. The smallest absolute Gasteiger partial charge is 0.332 e. The van der Waals surface area contributed by atoms with Gasteiger partial charge in [-0.15, -0.1) is 5.06 Å². The van der Waals surface area contributed by atoms with Crippen LogP contribution < -0.4 is 5.32 Å². The van der Waals surface area contributed by atoms with Gasteiger partial charge in [-0.2, -0.15) is 0 Å². The lowest BCUT2D eigenvalue weighted by atomic mass is 10.0. The van der Waals surface area contributed by atoms with Crippen LogP contribution in [0.25, 0.3) is 0 Å². The van der Waals surface area contributed by atoms with Crippen molar-refractivity contribution in [3.8, 4) is 0 Å². The maximum atomic E-state index is 11.8. The first-order valence-corrected chi connectivity index (χ1v) is 10.0. The minimum atomic E-state index is -1.24. The molecule has 2 heterocycles. The zero-order valence-corrected chi connectivity index (χ0v) is 16.6. The highest BCUT2D eigenvalue weighted by molar-refractivity contribution is 5.80. The van der Waals surface area contributed by atoms with Gasteiger partial charge in [0, 0.05) is 38.6 Å². The van der Waals surface area contributed by atoms with Crippen molar-refractivity contribution in [1.29, 1.82) is 0 Å². The van der Waals surface area contributed by atoms with E-state index in [1.54, 1.807) is 0 Å². The van der Waals surface area contributed by atoms with Gasteiger partial charge in [-0.1, -0.05) is 0 Å². The van der Waals surface area contributed by atoms with Crippen molar-refractivity contribution in [2.45, 2.75) is 75.8 Å². The molecule has 2 fully saturated rings. The van der Waals surface area contributed by atoms with Gasteiger partial charge in [-0.25, -0.2) is 4.79 Å². The summed E-state index contributed by atoms with van der Waals surface area (Å²) in [6.07, 6.45) is -3.66. The van der Waals surface area contributed by atoms with E-state index < -0.39 is 42.7 Å². The van der Waals surface area contributed by atoms with Crippen molar-refractivity contribution < 1.29 is 49.1 Å². The lowest BCUT2D eigenvalue weighted by Crippen LogP contribution is -2.50. The Labute approximate surface area is 173 Å². The maximum absolute atomic E-state index is 11.8. The predicted octanol–water partition coefficient (Wildman–Crippen LogP) is -2.09. The molecular weight excluding hydrogens is 404 g/mol. The van der Waals surface area contributed by atoms with Gasteiger partial charge in [0.2, 0.25) is 5.91 Å². The van der Waals surface area contributed by atoms with Crippen LogP contribution in [-0.4, -0.2) is 93.9 Å². The molecule has 0 spiro atoms. The van der Waals surface area contributed by atoms with Crippen LogP contribution in [0.5, 0.6) is 0 Å². The number of nitrogens with one attached hydrogen (secondary N) is 1. The third kappa shape index (κ3) is 7.45. The van der Waals surface area contributed by atoms with E-state index >= 15 is 0 Å². The van der Waals surface area contributed by atoms with Crippen molar-refractivity contribution in [3.05, 3.63) is 0 Å². The van der Waals surface area contributed by atoms with Crippen LogP contribution in [-0.2, 0) is 28.7 Å². The first-order valence-electron chi connectivity index (χ1n) is 10.0. The van der Waals surface area contributed by atoms with E-state index in [4.69, 9.17) is 19.4 Å². The molecule has 5 atom stereocenters. The lowest BCUT2D eigenvalue weighted by Gasteiger charge is -2.36. The third-order valence-electron chi connectivity index (χ3n) is 4.78. The van der Waals surface area contributed by atoms with Gasteiger partial charge >= 0.3 is 5.97 Å². The van der Waals surface area contributed by atoms with Gasteiger partial charge in [0.1, 0.15) is 6.10 Å². The molecule has 2 saturated heterocycles. The summed E-state index contributed by atoms with van der Waals surface area (Å²) in [5.41, 5.74) is 0. The Morgan fingerprint density at radius 3 is 2.60 bits per heavy atom. The van der Waals surface area contributed by atoms with Gasteiger partial charge < -0.3 is 40.1 Å². The molecular formula is C18H30N2O10. The number of carbonyl (C=O) groups is 3. The van der Waals surface area contributed by atoms with Crippen molar-refractivity contribution in [2.24, 2.45) is 0 Å². The molecule has 0 aromatic carbocycles. The highest BCUT2D eigenvalue weighted by atomic mass is 16.7. The summed E-state index contributed by atoms with van der Waals surface area (Å²) < 4.78 is 10.6. The summed E-state index contributed by atoms with van der Waals surface area (Å²) in [5, 5.41) is 41.4. The largest absolute Gasteiger partial charge is 0.394 e. The van der Waals surface area contributed by atoms with Crippen LogP contribution in [0.2, 0.25) is 0 Å². The van der Waals surface area contributed by atoms with Crippen LogP contribution in [0.1, 0.15) is 44.9 Å². The molecule has 2 rings (SSSR count). The molecule has 12 nitrogen and oxygen atoms in total. The second-order valence-electron chi connectivity index (χ2n) is 7.23. The number of hydrogen-bond acceptors (Lipinski definition) is 10. The topological polar surface area (TPSA) is 175 Å². The number of rotatable bonds is 11. The summed E-state index contributed by atoms with van der Waals surface area (Å²) in [4.78, 5) is 39.7. The number of aliphatic hydroxyl groups excluding tert-OH is 4. The quantitative estimate of drug-likeness (QED) is 0.227. The third-order valence-corrected chi connectivity index (χ3v) is 4.78. The van der Waals surface area contributed by atoms with Gasteiger partial charge in [0.15, 0.2) is 12.5 Å². The van der Waals surface area contributed by atoms with Crippen molar-refractivity contribution in [1.82, 2.24) is 10.4 Å². The standard InChI is InChI=1S/C18H30N2O10/c21-10-11-9-12(22)17(27)18(29-11)28-8-7-19-13(23)3-1-2-4-16(26)30-20-14(24)5-6-15(20)25/h11-12,14,17-18,21-22,24,27H,1-10H2,(H,19,23)/t11-,12-,14?,17-,18+/m0/s1. The van der Waals surface area contributed by atoms with Crippen LogP contribution in [0.3, 0.4) is 0 Å². The number of hydroxylamine groups is 2. The molecule has 30 heavy (non-hydrogen) atoms. The Kier molecular flexibility index (Phi) is 9.88. The summed E-state index contributed by atoms with van der Waals surface area (Å²) >= 11 is 0. The van der Waals surface area contributed by atoms with E-state index in [0.29, 0.717) is 17.9 Å². The van der Waals surface area contributed by atoms with Crippen molar-refractivity contribution >= 4 is 17.8 Å². The van der Waals surface area contributed by atoms with E-state index in [0.717, 1.165) is 0 Å². The minimum absolute atomic E-state index is 0.0121. The average molecular weight is 434 g/mol. The monoisotopic (exact) mass is 434 g/mol. The molecule has 0 aromatic heterocycles. The molecule has 12 heteroatoms. The summed E-state index contributed by atoms with van der Waals surface area (Å²) in [6, 6.07) is 0. The average Bonchev–Trinajstić information content (AvgIpc) is 3.03. The Morgan fingerprint density at radius 2 is 1.93 bits per heavy atom. The van der Waals surface area contributed by atoms with E-state index in [2.05, 4.69) is 5.32 Å². The molecule has 5 N–H and O–H groups in total. The van der Waals surface area contributed by atoms with Crippen LogP contribution in [0.4, 0.5) is 0 Å². The maximum Gasteiger partial charge on any atom is 0.332 e. The normalized spacial score (nSPS) is 29.1. The number of carbonyl (C=O) groups excluding carboxylic acids is 3. The van der Waals surface area contributed by atoms with Crippen molar-refractivity contribution in [3.63, 3.8) is 0 Å². The van der Waals surface area contributed by atoms with Gasteiger partial charge in [0.25, 0.3) is 5.91 Å². The lowest BCUT2D eigenvalue weighted by molar-refractivity contribution is -0.270. The number of nitrogens with zero attached hydrogens (tertiary/aromatic N) is 1. The zero-order chi connectivity index (χ0) is 22.1. The Morgan fingerprint density at radius 1 is 1.20 bits per heavy atom. The highest BCUT2D eigenvalue weighted by Gasteiger charge is 2.37. The number of ether oxygens (including phenoxy) is 2. The Hall–Kier alpha value is -1.83. The van der Waals surface area contributed by atoms with E-state index in [1.807, 2.05) is 0 Å². The van der Waals surface area contributed by atoms with Gasteiger partial charge in [-0.3, -0.25) is 9.59 Å². The molecule has 0 bridgehead atoms. The zero-order valence-electron chi connectivity index (χ0n) is 16.6. The number of aliphatic hydroxyl groups is 4. The Bertz CT molecular complexity index is 589. The summed E-state index contributed by atoms with van der Waals surface area (Å²) in [5.74, 6) is -1.34. The first-order chi connectivity index (χ1) is 14.3. The molecule has 0 radical (unpaired) electrons. The van der Waals surface area contributed by atoms with Gasteiger partial charge in [-0.05, 0) is 12.8 Å². The molecule has 2 aliphatic heterocycles. The number of amides is 2. The summed E-state index contributed by atoms with van der Waals surface area (Å²) in [7, 11) is 0. The fourth-order valence-corrected chi connectivity index (χ4v) is 3.09. The fourth-order valence-electron chi connectivity index (χ4n) is 3.09. The van der Waals surface area contributed by atoms with Crippen LogP contribution in [0.15, 0.2) is 0 Å². The molecule has 0 aromatic rings. The fraction of sp³-hybridized carbons (Fsp3) is 0.833. The van der Waals surface area contributed by atoms with Crippen LogP contribution >= 0.6 is 0 Å². The number of unbranched alkanes of at least 4 members (excludes halogenated alkanes) is 1. The second kappa shape index (κ2) is 12.1. The molecule has 0 saturated carbocycles. The SMILES string of the molecule is O=C(CCCCC(=O)ON1C(=O)CCC1O)NCCO[C@@H]1O[C@H](CO)C[C@H](O)[C@@H]1O. The molecule has 1 unspecified atom stereocenters. The second-order valence-corrected chi connectivity index (χ2v) is 7.23. The molecule has 2 amide bonds. The van der Waals surface area contributed by atoms with Gasteiger partial charge in [0.05, 0.1) is 25.4 Å². The van der Waals surface area contributed by atoms with Crippen molar-refractivity contribution in [2.75, 3.05) is 19.8 Å². The minimum Gasteiger partial charge on any atom is -0.394 e. The highest BCUT2D eigenvalue weighted by Crippen LogP contribution is 2.21. The Balaban J connectivity index is 1.52. The first kappa shape index (κ1) is 24.4.